The fraction of sp³-hybridized carbons (Fsp3) is 0.300. The number of benzene rings is 2. The van der Waals surface area contributed by atoms with Gasteiger partial charge in [-0.1, -0.05) is 36.4 Å². The molecule has 0 aliphatic carbocycles. The lowest BCUT2D eigenvalue weighted by atomic mass is 9.64. The predicted molar refractivity (Wildman–Crippen MR) is 98.6 cm³/mol. The highest BCUT2D eigenvalue weighted by molar-refractivity contribution is 6.47. The number of ketones is 1. The van der Waals surface area contributed by atoms with Gasteiger partial charge in [0.15, 0.2) is 5.78 Å². The van der Waals surface area contributed by atoms with Gasteiger partial charge in [0.25, 0.3) is 0 Å². The van der Waals surface area contributed by atoms with Gasteiger partial charge < -0.3 is 14.4 Å². The highest BCUT2D eigenvalue weighted by Crippen LogP contribution is 2.37. The SMILES string of the molecule is CCOC(=O)c1cccc2c1OB(O)[C@@H](CC(=O)c1ccccc1C)C2. The first-order valence-corrected chi connectivity index (χ1v) is 8.73. The summed E-state index contributed by atoms with van der Waals surface area (Å²) in [7, 11) is -1.15. The van der Waals surface area contributed by atoms with Crippen LogP contribution in [0, 0.1) is 6.92 Å². The van der Waals surface area contributed by atoms with Gasteiger partial charge in [-0.05, 0) is 37.5 Å². The second kappa shape index (κ2) is 7.75. The minimum absolute atomic E-state index is 0.0271. The van der Waals surface area contributed by atoms with E-state index in [1.165, 1.54) is 0 Å². The van der Waals surface area contributed by atoms with E-state index in [0.717, 1.165) is 11.1 Å². The van der Waals surface area contributed by atoms with Crippen molar-refractivity contribution < 1.29 is 24.0 Å². The molecule has 1 aliphatic heterocycles. The highest BCUT2D eigenvalue weighted by Gasteiger charge is 2.38. The van der Waals surface area contributed by atoms with E-state index in [-0.39, 0.29) is 24.6 Å². The number of ether oxygens (including phenoxy) is 1. The van der Waals surface area contributed by atoms with Crippen LogP contribution in [0.4, 0.5) is 0 Å². The third-order valence-corrected chi connectivity index (χ3v) is 4.61. The maximum atomic E-state index is 12.6. The second-order valence-electron chi connectivity index (χ2n) is 6.43. The van der Waals surface area contributed by atoms with Crippen molar-refractivity contribution in [1.82, 2.24) is 0 Å². The number of carbonyl (C=O) groups excluding carboxylic acids is 2. The lowest BCUT2D eigenvalue weighted by molar-refractivity contribution is 0.0523. The Kier molecular flexibility index (Phi) is 5.42. The molecule has 5 nitrogen and oxygen atoms in total. The molecule has 134 valence electrons. The molecular weight excluding hydrogens is 331 g/mol. The van der Waals surface area contributed by atoms with Crippen LogP contribution in [-0.4, -0.2) is 30.5 Å². The molecule has 0 aromatic heterocycles. The Labute approximate surface area is 153 Å². The Morgan fingerprint density at radius 3 is 2.65 bits per heavy atom. The van der Waals surface area contributed by atoms with Crippen molar-refractivity contribution in [3.8, 4) is 5.75 Å². The Balaban J connectivity index is 1.80. The number of hydrogen-bond acceptors (Lipinski definition) is 5. The minimum Gasteiger partial charge on any atom is -0.535 e. The molecule has 2 aromatic rings. The third kappa shape index (κ3) is 3.65. The number of Topliss-reactive ketones (excluding diaryl/α,β-unsaturated/α-hetero) is 1. The van der Waals surface area contributed by atoms with Crippen LogP contribution in [-0.2, 0) is 11.2 Å². The topological polar surface area (TPSA) is 72.8 Å². The summed E-state index contributed by atoms with van der Waals surface area (Å²) in [6.45, 7) is 3.89. The van der Waals surface area contributed by atoms with Gasteiger partial charge in [-0.15, -0.1) is 0 Å². The van der Waals surface area contributed by atoms with E-state index in [4.69, 9.17) is 9.39 Å². The zero-order valence-corrected chi connectivity index (χ0v) is 14.9. The highest BCUT2D eigenvalue weighted by atomic mass is 16.5. The van der Waals surface area contributed by atoms with Crippen LogP contribution in [0.2, 0.25) is 5.82 Å². The van der Waals surface area contributed by atoms with Crippen molar-refractivity contribution in [1.29, 1.82) is 0 Å². The first kappa shape index (κ1) is 18.2. The summed E-state index contributed by atoms with van der Waals surface area (Å²) in [6, 6.07) is 12.6. The van der Waals surface area contributed by atoms with E-state index in [9.17, 15) is 14.6 Å². The zero-order chi connectivity index (χ0) is 18.7. The quantitative estimate of drug-likeness (QED) is 0.508. The molecule has 1 heterocycles. The molecule has 0 fully saturated rings. The molecule has 0 radical (unpaired) electrons. The number of rotatable bonds is 5. The number of hydrogen-bond donors (Lipinski definition) is 1. The molecule has 2 aromatic carbocycles. The summed E-state index contributed by atoms with van der Waals surface area (Å²) in [5.41, 5.74) is 2.66. The summed E-state index contributed by atoms with van der Waals surface area (Å²) >= 11 is 0. The van der Waals surface area contributed by atoms with Crippen molar-refractivity contribution in [2.45, 2.75) is 32.5 Å². The zero-order valence-electron chi connectivity index (χ0n) is 14.9. The molecule has 3 rings (SSSR count). The van der Waals surface area contributed by atoms with Gasteiger partial charge >= 0.3 is 13.1 Å². The Bertz CT molecular complexity index is 833. The van der Waals surface area contributed by atoms with Crippen LogP contribution in [0.5, 0.6) is 5.75 Å². The maximum Gasteiger partial charge on any atom is 0.526 e. The monoisotopic (exact) mass is 352 g/mol. The molecular formula is C20H21BO5. The van der Waals surface area contributed by atoms with Crippen LogP contribution in [0.3, 0.4) is 0 Å². The fourth-order valence-electron chi connectivity index (χ4n) is 3.26. The van der Waals surface area contributed by atoms with Gasteiger partial charge in [-0.25, -0.2) is 4.79 Å². The van der Waals surface area contributed by atoms with Crippen molar-refractivity contribution >= 4 is 18.9 Å². The van der Waals surface area contributed by atoms with E-state index in [2.05, 4.69) is 0 Å². The third-order valence-electron chi connectivity index (χ3n) is 4.61. The van der Waals surface area contributed by atoms with Gasteiger partial charge in [-0.3, -0.25) is 4.79 Å². The number of carbonyl (C=O) groups is 2. The average molecular weight is 352 g/mol. The van der Waals surface area contributed by atoms with Crippen LogP contribution in [0.15, 0.2) is 42.5 Å². The molecule has 0 saturated heterocycles. The van der Waals surface area contributed by atoms with Crippen molar-refractivity contribution in [2.24, 2.45) is 0 Å². The second-order valence-corrected chi connectivity index (χ2v) is 6.43. The Morgan fingerprint density at radius 2 is 1.92 bits per heavy atom. The van der Waals surface area contributed by atoms with Crippen molar-refractivity contribution in [3.63, 3.8) is 0 Å². The van der Waals surface area contributed by atoms with Crippen molar-refractivity contribution in [2.75, 3.05) is 6.61 Å². The first-order valence-electron chi connectivity index (χ1n) is 8.73. The Hall–Kier alpha value is -2.60. The lowest BCUT2D eigenvalue weighted by Crippen LogP contribution is -2.36. The van der Waals surface area contributed by atoms with Crippen LogP contribution in [0.1, 0.15) is 45.2 Å². The smallest absolute Gasteiger partial charge is 0.526 e. The summed E-state index contributed by atoms with van der Waals surface area (Å²) < 4.78 is 10.6. The molecule has 0 unspecified atom stereocenters. The van der Waals surface area contributed by atoms with E-state index >= 15 is 0 Å². The van der Waals surface area contributed by atoms with Gasteiger partial charge in [0.05, 0.1) is 6.61 Å². The largest absolute Gasteiger partial charge is 0.535 e. The molecule has 0 bridgehead atoms. The van der Waals surface area contributed by atoms with Crippen LogP contribution in [0.25, 0.3) is 0 Å². The van der Waals surface area contributed by atoms with E-state index < -0.39 is 13.1 Å². The summed E-state index contributed by atoms with van der Waals surface area (Å²) in [5.74, 6) is -0.531. The summed E-state index contributed by atoms with van der Waals surface area (Å²) in [6.07, 6.45) is 0.635. The molecule has 1 aliphatic rings. The number of para-hydroxylation sites is 1. The summed E-state index contributed by atoms with van der Waals surface area (Å²) in [4.78, 5) is 24.7. The first-order chi connectivity index (χ1) is 12.5. The minimum atomic E-state index is -1.15. The molecule has 0 saturated carbocycles. The van der Waals surface area contributed by atoms with Gasteiger partial charge in [0, 0.05) is 17.8 Å². The van der Waals surface area contributed by atoms with Gasteiger partial charge in [0.2, 0.25) is 0 Å². The average Bonchev–Trinajstić information content (AvgIpc) is 2.62. The standard InChI is InChI=1S/C20H21BO5/c1-3-25-20(23)17-10-6-8-14-11-15(21(24)26-19(14)17)12-18(22)16-9-5-4-7-13(16)2/h4-10,15,24H,3,11-12H2,1-2H3/t15-/m1/s1. The van der Waals surface area contributed by atoms with Crippen LogP contribution < -0.4 is 4.65 Å². The fourth-order valence-corrected chi connectivity index (χ4v) is 3.26. The van der Waals surface area contributed by atoms with E-state index in [1.807, 2.05) is 31.2 Å². The number of fused-ring (bicyclic) bond motifs is 1. The molecule has 26 heavy (non-hydrogen) atoms. The van der Waals surface area contributed by atoms with Crippen molar-refractivity contribution in [3.05, 3.63) is 64.7 Å². The maximum absolute atomic E-state index is 12.6. The molecule has 0 spiro atoms. The molecule has 6 heteroatoms. The summed E-state index contributed by atoms with van der Waals surface area (Å²) in [5, 5.41) is 10.4. The van der Waals surface area contributed by atoms with E-state index in [0.29, 0.717) is 23.3 Å². The van der Waals surface area contributed by atoms with E-state index in [1.54, 1.807) is 25.1 Å². The predicted octanol–water partition coefficient (Wildman–Crippen LogP) is 3.23. The molecule has 0 amide bonds. The van der Waals surface area contributed by atoms with Gasteiger partial charge in [-0.2, -0.15) is 0 Å². The van der Waals surface area contributed by atoms with Gasteiger partial charge in [0.1, 0.15) is 11.3 Å². The number of aryl methyl sites for hydroxylation is 1. The lowest BCUT2D eigenvalue weighted by Gasteiger charge is -2.28. The molecule has 1 N–H and O–H groups in total. The van der Waals surface area contributed by atoms with Crippen LogP contribution >= 0.6 is 0 Å². The molecule has 1 atom stereocenters. The Morgan fingerprint density at radius 1 is 1.19 bits per heavy atom. The normalized spacial score (nSPS) is 15.8. The number of esters is 1.